The third-order valence-electron chi connectivity index (χ3n) is 5.62. The van der Waals surface area contributed by atoms with Crippen molar-refractivity contribution in [1.82, 2.24) is 0 Å². The summed E-state index contributed by atoms with van der Waals surface area (Å²) in [5, 5.41) is 0. The third kappa shape index (κ3) is 5.30. The van der Waals surface area contributed by atoms with Crippen molar-refractivity contribution in [1.29, 1.82) is 0 Å². The molecule has 0 N–H and O–H groups in total. The Hall–Kier alpha value is -0.900. The van der Waals surface area contributed by atoms with E-state index in [9.17, 15) is 9.59 Å². The van der Waals surface area contributed by atoms with E-state index in [1.165, 1.54) is 0 Å². The molecule has 0 radical (unpaired) electrons. The molecule has 0 aromatic heterocycles. The SMILES string of the molecule is CC1CCCC2(C)OC2CCOC(=O)CCC(C)(C)C(=O)CC1. The van der Waals surface area contributed by atoms with Gasteiger partial charge in [0.25, 0.3) is 0 Å². The van der Waals surface area contributed by atoms with Crippen molar-refractivity contribution in [3.05, 3.63) is 0 Å². The topological polar surface area (TPSA) is 55.9 Å². The number of carbonyl (C=O) groups excluding carboxylic acids is 2. The van der Waals surface area contributed by atoms with Crippen LogP contribution in [-0.2, 0) is 19.1 Å². The molecule has 2 aliphatic rings. The minimum Gasteiger partial charge on any atom is -0.466 e. The van der Waals surface area contributed by atoms with Crippen LogP contribution in [0.15, 0.2) is 0 Å². The fourth-order valence-corrected chi connectivity index (χ4v) is 3.44. The van der Waals surface area contributed by atoms with Crippen LogP contribution >= 0.6 is 0 Å². The molecule has 132 valence electrons. The molecule has 0 amide bonds. The number of epoxide rings is 1. The second-order valence-corrected chi connectivity index (χ2v) is 8.27. The van der Waals surface area contributed by atoms with Crippen LogP contribution < -0.4 is 0 Å². The van der Waals surface area contributed by atoms with Gasteiger partial charge in [-0.05, 0) is 32.1 Å². The van der Waals surface area contributed by atoms with E-state index in [-0.39, 0.29) is 23.5 Å². The molecule has 3 unspecified atom stereocenters. The van der Waals surface area contributed by atoms with E-state index in [0.29, 0.717) is 31.8 Å². The van der Waals surface area contributed by atoms with E-state index in [0.717, 1.165) is 32.1 Å². The van der Waals surface area contributed by atoms with Crippen LogP contribution in [0, 0.1) is 11.3 Å². The van der Waals surface area contributed by atoms with Crippen LogP contribution in [0.25, 0.3) is 0 Å². The normalized spacial score (nSPS) is 36.9. The Bertz CT molecular complexity index is 443. The fraction of sp³-hybridized carbons (Fsp3) is 0.895. The second-order valence-electron chi connectivity index (χ2n) is 8.27. The molecule has 0 saturated carbocycles. The lowest BCUT2D eigenvalue weighted by molar-refractivity contribution is -0.144. The summed E-state index contributed by atoms with van der Waals surface area (Å²) in [6.45, 7) is 8.69. The van der Waals surface area contributed by atoms with Gasteiger partial charge in [0, 0.05) is 24.7 Å². The van der Waals surface area contributed by atoms with Crippen molar-refractivity contribution in [3.63, 3.8) is 0 Å². The largest absolute Gasteiger partial charge is 0.466 e. The zero-order valence-electron chi connectivity index (χ0n) is 15.2. The Balaban J connectivity index is 1.93. The number of rotatable bonds is 0. The van der Waals surface area contributed by atoms with Crippen molar-refractivity contribution >= 4 is 11.8 Å². The van der Waals surface area contributed by atoms with Crippen LogP contribution in [0.5, 0.6) is 0 Å². The average Bonchev–Trinajstić information content (AvgIpc) is 3.12. The summed E-state index contributed by atoms with van der Waals surface area (Å²) in [7, 11) is 0. The van der Waals surface area contributed by atoms with Gasteiger partial charge in [0.2, 0.25) is 0 Å². The lowest BCUT2D eigenvalue weighted by atomic mass is 9.80. The highest BCUT2D eigenvalue weighted by atomic mass is 16.6. The molecule has 0 bridgehead atoms. The highest BCUT2D eigenvalue weighted by Crippen LogP contribution is 2.43. The third-order valence-corrected chi connectivity index (χ3v) is 5.62. The Morgan fingerprint density at radius 1 is 1.00 bits per heavy atom. The highest BCUT2D eigenvalue weighted by molar-refractivity contribution is 5.84. The van der Waals surface area contributed by atoms with Gasteiger partial charge in [0.05, 0.1) is 18.3 Å². The first kappa shape index (κ1) is 18.4. The Kier molecular flexibility index (Phi) is 5.88. The Labute approximate surface area is 140 Å². The lowest BCUT2D eigenvalue weighted by Crippen LogP contribution is -2.26. The number of ether oxygens (including phenoxy) is 2. The predicted molar refractivity (Wildman–Crippen MR) is 89.1 cm³/mol. The Morgan fingerprint density at radius 3 is 2.48 bits per heavy atom. The zero-order valence-corrected chi connectivity index (χ0v) is 15.2. The molecular formula is C19H32O4. The van der Waals surface area contributed by atoms with Gasteiger partial charge in [0.1, 0.15) is 5.78 Å². The summed E-state index contributed by atoms with van der Waals surface area (Å²) in [6.07, 6.45) is 6.77. The molecule has 3 atom stereocenters. The first-order valence-corrected chi connectivity index (χ1v) is 9.10. The molecular weight excluding hydrogens is 292 g/mol. The van der Waals surface area contributed by atoms with Gasteiger partial charge in [-0.25, -0.2) is 0 Å². The summed E-state index contributed by atoms with van der Waals surface area (Å²) < 4.78 is 11.1. The molecule has 2 fully saturated rings. The molecule has 4 heteroatoms. The van der Waals surface area contributed by atoms with Gasteiger partial charge in [0.15, 0.2) is 0 Å². The van der Waals surface area contributed by atoms with E-state index in [1.54, 1.807) is 0 Å². The summed E-state index contributed by atoms with van der Waals surface area (Å²) in [4.78, 5) is 24.3. The highest BCUT2D eigenvalue weighted by Gasteiger charge is 2.50. The van der Waals surface area contributed by atoms with Crippen molar-refractivity contribution in [2.24, 2.45) is 11.3 Å². The van der Waals surface area contributed by atoms with E-state index < -0.39 is 5.41 Å². The summed E-state index contributed by atoms with van der Waals surface area (Å²) in [5.74, 6) is 0.629. The van der Waals surface area contributed by atoms with E-state index in [4.69, 9.17) is 9.47 Å². The van der Waals surface area contributed by atoms with E-state index in [2.05, 4.69) is 13.8 Å². The molecule has 0 aromatic carbocycles. The standard InChI is InChI=1S/C19H32O4/c1-14-6-5-11-19(4)16(23-19)10-13-22-17(21)9-12-18(2,3)15(20)8-7-14/h14,16H,5-13H2,1-4H3. The summed E-state index contributed by atoms with van der Waals surface area (Å²) in [5.41, 5.74) is -0.463. The minimum atomic E-state index is -0.437. The smallest absolute Gasteiger partial charge is 0.305 e. The summed E-state index contributed by atoms with van der Waals surface area (Å²) >= 11 is 0. The van der Waals surface area contributed by atoms with Crippen LogP contribution in [-0.4, -0.2) is 30.1 Å². The second kappa shape index (κ2) is 7.33. The molecule has 2 aliphatic heterocycles. The molecule has 2 heterocycles. The van der Waals surface area contributed by atoms with Crippen LogP contribution in [0.2, 0.25) is 0 Å². The van der Waals surface area contributed by atoms with Gasteiger partial charge in [-0.15, -0.1) is 0 Å². The number of hydrogen-bond acceptors (Lipinski definition) is 4. The maximum absolute atomic E-state index is 12.4. The Morgan fingerprint density at radius 2 is 1.74 bits per heavy atom. The van der Waals surface area contributed by atoms with Crippen LogP contribution in [0.3, 0.4) is 0 Å². The molecule has 2 rings (SSSR count). The van der Waals surface area contributed by atoms with Gasteiger partial charge < -0.3 is 9.47 Å². The number of ketones is 1. The van der Waals surface area contributed by atoms with Crippen molar-refractivity contribution < 1.29 is 19.1 Å². The number of hydrogen-bond donors (Lipinski definition) is 0. The number of Topliss-reactive ketones (excluding diaryl/α,β-unsaturated/α-hetero) is 1. The predicted octanol–water partition coefficient (Wildman–Crippen LogP) is 4.05. The van der Waals surface area contributed by atoms with Gasteiger partial charge in [-0.3, -0.25) is 9.59 Å². The summed E-state index contributed by atoms with van der Waals surface area (Å²) in [6, 6.07) is 0. The molecule has 4 nitrogen and oxygen atoms in total. The maximum atomic E-state index is 12.4. The number of esters is 1. The lowest BCUT2D eigenvalue weighted by Gasteiger charge is -2.23. The van der Waals surface area contributed by atoms with Crippen LogP contribution in [0.4, 0.5) is 0 Å². The molecule has 2 saturated heterocycles. The van der Waals surface area contributed by atoms with E-state index >= 15 is 0 Å². The van der Waals surface area contributed by atoms with E-state index in [1.807, 2.05) is 13.8 Å². The van der Waals surface area contributed by atoms with Gasteiger partial charge >= 0.3 is 5.97 Å². The first-order valence-electron chi connectivity index (χ1n) is 9.10. The van der Waals surface area contributed by atoms with Gasteiger partial charge in [-0.2, -0.15) is 0 Å². The van der Waals surface area contributed by atoms with Crippen molar-refractivity contribution in [2.45, 2.75) is 90.8 Å². The maximum Gasteiger partial charge on any atom is 0.305 e. The fourth-order valence-electron chi connectivity index (χ4n) is 3.44. The van der Waals surface area contributed by atoms with Gasteiger partial charge in [-0.1, -0.05) is 33.6 Å². The van der Waals surface area contributed by atoms with Crippen molar-refractivity contribution in [3.8, 4) is 0 Å². The monoisotopic (exact) mass is 324 g/mol. The zero-order chi connectivity index (χ0) is 17.1. The molecule has 23 heavy (non-hydrogen) atoms. The molecule has 0 spiro atoms. The molecule has 0 aromatic rings. The number of carbonyl (C=O) groups is 2. The quantitative estimate of drug-likeness (QED) is 0.498. The van der Waals surface area contributed by atoms with Crippen molar-refractivity contribution in [2.75, 3.05) is 6.61 Å². The van der Waals surface area contributed by atoms with Crippen LogP contribution in [0.1, 0.15) is 79.1 Å². The number of fused-ring (bicyclic) bond motifs is 1. The molecule has 0 aliphatic carbocycles. The number of cyclic esters (lactones) is 1. The average molecular weight is 324 g/mol. The minimum absolute atomic E-state index is 0.0268. The first-order chi connectivity index (χ1) is 10.7.